The first kappa shape index (κ1) is 13.9. The van der Waals surface area contributed by atoms with Crippen molar-refractivity contribution in [3.8, 4) is 0 Å². The topological polar surface area (TPSA) is 8.17 Å². The third-order valence-electron chi connectivity index (χ3n) is 3.41. The Kier molecular flexibility index (Phi) is 3.81. The SMILES string of the molecule is CN(C)C(c1ccccc1)c1cccn1C(C)(C)C. The molecule has 0 bridgehead atoms. The predicted molar refractivity (Wildman–Crippen MR) is 81.4 cm³/mol. The summed E-state index contributed by atoms with van der Waals surface area (Å²) in [5.74, 6) is 0. The lowest BCUT2D eigenvalue weighted by molar-refractivity contribution is 0.301. The number of nitrogens with zero attached hydrogens (tertiary/aromatic N) is 2. The molecule has 1 aromatic heterocycles. The van der Waals surface area contributed by atoms with Gasteiger partial charge >= 0.3 is 0 Å². The van der Waals surface area contributed by atoms with Crippen LogP contribution >= 0.6 is 0 Å². The summed E-state index contributed by atoms with van der Waals surface area (Å²) in [6.07, 6.45) is 2.18. The minimum atomic E-state index is 0.0991. The van der Waals surface area contributed by atoms with Crippen LogP contribution in [-0.4, -0.2) is 23.6 Å². The zero-order valence-corrected chi connectivity index (χ0v) is 12.6. The second kappa shape index (κ2) is 5.22. The van der Waals surface area contributed by atoms with E-state index in [0.717, 1.165) is 0 Å². The van der Waals surface area contributed by atoms with Crippen LogP contribution in [0.15, 0.2) is 48.7 Å². The van der Waals surface area contributed by atoms with Gasteiger partial charge in [-0.1, -0.05) is 30.3 Å². The molecule has 2 nitrogen and oxygen atoms in total. The lowest BCUT2D eigenvalue weighted by atomic mass is 10.0. The Morgan fingerprint density at radius 3 is 2.11 bits per heavy atom. The molecular weight excluding hydrogens is 232 g/mol. The lowest BCUT2D eigenvalue weighted by Gasteiger charge is -2.31. The van der Waals surface area contributed by atoms with Crippen LogP contribution in [0.3, 0.4) is 0 Å². The van der Waals surface area contributed by atoms with Gasteiger partial charge < -0.3 is 4.57 Å². The molecule has 0 N–H and O–H groups in total. The van der Waals surface area contributed by atoms with Crippen LogP contribution in [0.5, 0.6) is 0 Å². The molecule has 102 valence electrons. The van der Waals surface area contributed by atoms with Crippen molar-refractivity contribution in [3.63, 3.8) is 0 Å². The summed E-state index contributed by atoms with van der Waals surface area (Å²) in [7, 11) is 4.27. The standard InChI is InChI=1S/C17H24N2/c1-17(2,3)19-13-9-12-15(19)16(18(4)5)14-10-7-6-8-11-14/h6-13,16H,1-5H3. The van der Waals surface area contributed by atoms with E-state index in [1.54, 1.807) is 0 Å². The van der Waals surface area contributed by atoms with Gasteiger partial charge in [0.25, 0.3) is 0 Å². The summed E-state index contributed by atoms with van der Waals surface area (Å²) in [6, 6.07) is 15.3. The van der Waals surface area contributed by atoms with Crippen molar-refractivity contribution in [1.29, 1.82) is 0 Å². The maximum atomic E-state index is 2.37. The van der Waals surface area contributed by atoms with Crippen molar-refractivity contribution >= 4 is 0 Å². The van der Waals surface area contributed by atoms with E-state index in [1.165, 1.54) is 11.3 Å². The van der Waals surface area contributed by atoms with E-state index in [4.69, 9.17) is 0 Å². The van der Waals surface area contributed by atoms with Gasteiger partial charge in [0.2, 0.25) is 0 Å². The molecule has 0 saturated heterocycles. The van der Waals surface area contributed by atoms with Gasteiger partial charge in [0.05, 0.1) is 6.04 Å². The molecule has 0 fully saturated rings. The molecule has 0 amide bonds. The van der Waals surface area contributed by atoms with E-state index < -0.39 is 0 Å². The maximum absolute atomic E-state index is 2.37. The fraction of sp³-hybridized carbons (Fsp3) is 0.412. The summed E-state index contributed by atoms with van der Waals surface area (Å²) in [6.45, 7) is 6.73. The minimum Gasteiger partial charge on any atom is -0.344 e. The average molecular weight is 256 g/mol. The summed E-state index contributed by atoms with van der Waals surface area (Å²) < 4.78 is 2.37. The maximum Gasteiger partial charge on any atom is 0.0751 e. The van der Waals surface area contributed by atoms with Crippen molar-refractivity contribution in [2.45, 2.75) is 32.4 Å². The van der Waals surface area contributed by atoms with Gasteiger partial charge in [-0.3, -0.25) is 4.90 Å². The molecule has 0 radical (unpaired) electrons. The summed E-state index contributed by atoms with van der Waals surface area (Å²) in [5, 5.41) is 0. The molecule has 2 heteroatoms. The minimum absolute atomic E-state index is 0.0991. The fourth-order valence-electron chi connectivity index (χ4n) is 2.60. The first-order valence-corrected chi connectivity index (χ1v) is 6.80. The molecule has 1 unspecified atom stereocenters. The second-order valence-electron chi connectivity index (χ2n) is 6.25. The number of hydrogen-bond donors (Lipinski definition) is 0. The third-order valence-corrected chi connectivity index (χ3v) is 3.41. The molecule has 1 aromatic carbocycles. The zero-order chi connectivity index (χ0) is 14.0. The fourth-order valence-corrected chi connectivity index (χ4v) is 2.60. The predicted octanol–water partition coefficient (Wildman–Crippen LogP) is 3.89. The first-order chi connectivity index (χ1) is 8.91. The second-order valence-corrected chi connectivity index (χ2v) is 6.25. The Morgan fingerprint density at radius 2 is 1.58 bits per heavy atom. The Bertz CT molecular complexity index is 518. The molecule has 0 aliphatic heterocycles. The number of benzene rings is 1. The molecule has 2 aromatic rings. The van der Waals surface area contributed by atoms with E-state index >= 15 is 0 Å². The number of hydrogen-bond acceptors (Lipinski definition) is 1. The Morgan fingerprint density at radius 1 is 0.947 bits per heavy atom. The van der Waals surface area contributed by atoms with Crippen molar-refractivity contribution in [1.82, 2.24) is 9.47 Å². The number of aromatic nitrogens is 1. The van der Waals surface area contributed by atoms with E-state index in [-0.39, 0.29) is 11.6 Å². The molecule has 0 aliphatic carbocycles. The zero-order valence-electron chi connectivity index (χ0n) is 12.6. The van der Waals surface area contributed by atoms with Crippen LogP contribution < -0.4 is 0 Å². The highest BCUT2D eigenvalue weighted by atomic mass is 15.1. The highest BCUT2D eigenvalue weighted by Gasteiger charge is 2.24. The van der Waals surface area contributed by atoms with Crippen molar-refractivity contribution < 1.29 is 0 Å². The molecule has 0 saturated carbocycles. The highest BCUT2D eigenvalue weighted by Crippen LogP contribution is 2.30. The van der Waals surface area contributed by atoms with Gasteiger partial charge in [-0.15, -0.1) is 0 Å². The quantitative estimate of drug-likeness (QED) is 0.808. The van der Waals surface area contributed by atoms with Crippen molar-refractivity contribution in [3.05, 3.63) is 59.9 Å². The van der Waals surface area contributed by atoms with Gasteiger partial charge in [0.1, 0.15) is 0 Å². The van der Waals surface area contributed by atoms with E-state index in [2.05, 4.69) is 93.0 Å². The van der Waals surface area contributed by atoms with E-state index in [9.17, 15) is 0 Å². The molecule has 0 spiro atoms. The average Bonchev–Trinajstić information content (AvgIpc) is 2.79. The van der Waals surface area contributed by atoms with Gasteiger partial charge in [-0.2, -0.15) is 0 Å². The van der Waals surface area contributed by atoms with Crippen LogP contribution in [0.1, 0.15) is 38.1 Å². The molecule has 0 aliphatic rings. The van der Waals surface area contributed by atoms with Crippen molar-refractivity contribution in [2.24, 2.45) is 0 Å². The molecule has 1 heterocycles. The van der Waals surface area contributed by atoms with Crippen LogP contribution in [-0.2, 0) is 5.54 Å². The molecular formula is C17H24N2. The first-order valence-electron chi connectivity index (χ1n) is 6.80. The normalized spacial score (nSPS) is 13.8. The highest BCUT2D eigenvalue weighted by molar-refractivity contribution is 5.29. The largest absolute Gasteiger partial charge is 0.344 e. The molecule has 1 atom stereocenters. The number of rotatable bonds is 3. The van der Waals surface area contributed by atoms with Gasteiger partial charge in [0, 0.05) is 17.4 Å². The Hall–Kier alpha value is -1.54. The smallest absolute Gasteiger partial charge is 0.0751 e. The van der Waals surface area contributed by atoms with Crippen LogP contribution in [0, 0.1) is 0 Å². The van der Waals surface area contributed by atoms with E-state index in [0.29, 0.717) is 0 Å². The van der Waals surface area contributed by atoms with Crippen LogP contribution in [0.4, 0.5) is 0 Å². The third kappa shape index (κ3) is 2.90. The summed E-state index contributed by atoms with van der Waals surface area (Å²) in [4.78, 5) is 2.27. The van der Waals surface area contributed by atoms with Gasteiger partial charge in [-0.25, -0.2) is 0 Å². The van der Waals surface area contributed by atoms with E-state index in [1.807, 2.05) is 0 Å². The molecule has 19 heavy (non-hydrogen) atoms. The van der Waals surface area contributed by atoms with Gasteiger partial charge in [-0.05, 0) is 52.6 Å². The van der Waals surface area contributed by atoms with Gasteiger partial charge in [0.15, 0.2) is 0 Å². The lowest BCUT2D eigenvalue weighted by Crippen LogP contribution is -2.29. The van der Waals surface area contributed by atoms with Crippen LogP contribution in [0.2, 0.25) is 0 Å². The summed E-state index contributed by atoms with van der Waals surface area (Å²) >= 11 is 0. The van der Waals surface area contributed by atoms with Crippen LogP contribution in [0.25, 0.3) is 0 Å². The Balaban J connectivity index is 2.50. The molecule has 2 rings (SSSR count). The Labute approximate surface area is 116 Å². The summed E-state index contributed by atoms with van der Waals surface area (Å²) in [5.41, 5.74) is 2.77. The monoisotopic (exact) mass is 256 g/mol. The van der Waals surface area contributed by atoms with Crippen molar-refractivity contribution in [2.75, 3.05) is 14.1 Å².